The van der Waals surface area contributed by atoms with Gasteiger partial charge in [-0.15, -0.1) is 0 Å². The third kappa shape index (κ3) is 21.9. The molecule has 0 fully saturated rings. The molecule has 0 spiro atoms. The van der Waals surface area contributed by atoms with E-state index in [9.17, 15) is 19.4 Å². The molecule has 29 heavy (non-hydrogen) atoms. The maximum absolute atomic E-state index is 11.6. The van der Waals surface area contributed by atoms with Gasteiger partial charge in [-0.2, -0.15) is 11.8 Å². The van der Waals surface area contributed by atoms with Gasteiger partial charge in [0.1, 0.15) is 6.04 Å². The van der Waals surface area contributed by atoms with E-state index in [-0.39, 0.29) is 47.7 Å². The van der Waals surface area contributed by atoms with Crippen LogP contribution >= 0.6 is 19.6 Å². The van der Waals surface area contributed by atoms with E-state index in [0.29, 0.717) is 6.42 Å². The number of phosphoric ester groups is 1. The van der Waals surface area contributed by atoms with Crippen LogP contribution in [0.15, 0.2) is 0 Å². The van der Waals surface area contributed by atoms with E-state index in [0.717, 1.165) is 31.0 Å². The summed E-state index contributed by atoms with van der Waals surface area (Å²) in [6, 6.07) is -1.02. The van der Waals surface area contributed by atoms with Crippen LogP contribution < -0.4 is 40.2 Å². The minimum Gasteiger partial charge on any atom is -0.756 e. The maximum Gasteiger partial charge on any atom is 1.00 e. The predicted octanol–water partition coefficient (Wildman–Crippen LogP) is -0.0811. The summed E-state index contributed by atoms with van der Waals surface area (Å²) in [5.74, 6) is -0.876. The van der Waals surface area contributed by atoms with Gasteiger partial charge < -0.3 is 29.9 Å². The third-order valence-corrected chi connectivity index (χ3v) is 6.28. The number of aliphatic hydroxyl groups excluding tert-OH is 1. The zero-order chi connectivity index (χ0) is 21.3. The zero-order valence-corrected chi connectivity index (χ0v) is 21.6. The summed E-state index contributed by atoms with van der Waals surface area (Å²) < 4.78 is 21.1. The van der Waals surface area contributed by atoms with Gasteiger partial charge in [-0.25, -0.2) is 0 Å². The van der Waals surface area contributed by atoms with E-state index in [2.05, 4.69) is 11.4 Å². The monoisotopic (exact) mass is 465 g/mol. The Kier molecular flexibility index (Phi) is 22.9. The Hall–Kier alpha value is 0.850. The number of rotatable bonds is 20. The molecule has 0 aromatic heterocycles. The molecule has 0 rings (SSSR count). The molecule has 11 heteroatoms. The van der Waals surface area contributed by atoms with E-state index >= 15 is 0 Å². The van der Waals surface area contributed by atoms with Crippen LogP contribution in [-0.2, 0) is 18.4 Å². The molecule has 4 N–H and O–H groups in total. The summed E-state index contributed by atoms with van der Waals surface area (Å²) in [7, 11) is -4.43. The number of hydrogen-bond donors (Lipinski definition) is 3. The molecule has 0 aromatic carbocycles. The van der Waals surface area contributed by atoms with Crippen LogP contribution in [0.4, 0.5) is 0 Å². The van der Waals surface area contributed by atoms with Gasteiger partial charge in [-0.05, 0) is 6.42 Å². The van der Waals surface area contributed by atoms with Crippen molar-refractivity contribution < 1.29 is 63.1 Å². The fraction of sp³-hybridized carbons (Fsp3) is 0.944. The van der Waals surface area contributed by atoms with Crippen molar-refractivity contribution in [1.29, 1.82) is 0 Å². The molecule has 3 unspecified atom stereocenters. The smallest absolute Gasteiger partial charge is 0.756 e. The van der Waals surface area contributed by atoms with Gasteiger partial charge in [0, 0.05) is 11.5 Å². The molecule has 3 atom stereocenters. The number of unbranched alkanes of at least 4 members (excludes halogenated alkanes) is 9. The van der Waals surface area contributed by atoms with Gasteiger partial charge in [0.2, 0.25) is 0 Å². The predicted molar refractivity (Wildman–Crippen MR) is 110 cm³/mol. The second-order valence-corrected chi connectivity index (χ2v) is 9.38. The second-order valence-electron chi connectivity index (χ2n) is 6.89. The summed E-state index contributed by atoms with van der Waals surface area (Å²) in [5.41, 5.74) is 5.33. The van der Waals surface area contributed by atoms with Crippen LogP contribution in [-0.4, -0.2) is 53.0 Å². The SMILES string of the molecule is CCCCCCCCCCCCOP(=O)([O-])OCC(O)CSCC(N)C(=O)O.[Na+]. The molecule has 0 aliphatic rings. The molecular weight excluding hydrogens is 428 g/mol. The minimum atomic E-state index is -4.43. The van der Waals surface area contributed by atoms with Crippen LogP contribution in [0.2, 0.25) is 0 Å². The number of aliphatic carboxylic acids is 1. The van der Waals surface area contributed by atoms with Crippen LogP contribution in [0.1, 0.15) is 71.1 Å². The summed E-state index contributed by atoms with van der Waals surface area (Å²) >= 11 is 1.12. The van der Waals surface area contributed by atoms with E-state index < -0.39 is 32.5 Å². The molecule has 0 aromatic rings. The number of carboxylic acids is 1. The van der Waals surface area contributed by atoms with Crippen LogP contribution in [0, 0.1) is 0 Å². The van der Waals surface area contributed by atoms with Gasteiger partial charge in [0.25, 0.3) is 7.82 Å². The Morgan fingerprint density at radius 3 is 2.07 bits per heavy atom. The summed E-state index contributed by atoms with van der Waals surface area (Å²) in [6.45, 7) is 1.86. The van der Waals surface area contributed by atoms with Crippen molar-refractivity contribution in [2.24, 2.45) is 5.73 Å². The molecule has 168 valence electrons. The summed E-state index contributed by atoms with van der Waals surface area (Å²) in [6.07, 6.45) is 10.4. The first-order valence-corrected chi connectivity index (χ1v) is 12.7. The topological polar surface area (TPSA) is 142 Å². The Labute approximate surface area is 201 Å². The van der Waals surface area contributed by atoms with Crippen molar-refractivity contribution in [1.82, 2.24) is 0 Å². The van der Waals surface area contributed by atoms with Gasteiger partial charge in [-0.3, -0.25) is 9.36 Å². The first kappa shape index (κ1) is 32.0. The Morgan fingerprint density at radius 1 is 1.03 bits per heavy atom. The number of aliphatic hydroxyl groups is 1. The fourth-order valence-electron chi connectivity index (χ4n) is 2.43. The molecule has 0 saturated heterocycles. The number of thioether (sulfide) groups is 1. The van der Waals surface area contributed by atoms with Crippen molar-refractivity contribution in [3.05, 3.63) is 0 Å². The molecular formula is C18H37NNaO7PS. The fourth-order valence-corrected chi connectivity index (χ4v) is 4.11. The summed E-state index contributed by atoms with van der Waals surface area (Å²) in [4.78, 5) is 22.2. The third-order valence-electron chi connectivity index (χ3n) is 4.10. The first-order chi connectivity index (χ1) is 13.3. The maximum atomic E-state index is 11.6. The Bertz CT molecular complexity index is 448. The van der Waals surface area contributed by atoms with E-state index in [1.54, 1.807) is 0 Å². The average Bonchev–Trinajstić information content (AvgIpc) is 2.64. The molecule has 0 aliphatic heterocycles. The first-order valence-electron chi connectivity index (χ1n) is 10.1. The second kappa shape index (κ2) is 20.7. The van der Waals surface area contributed by atoms with E-state index in [4.69, 9.17) is 15.4 Å². The van der Waals surface area contributed by atoms with Crippen molar-refractivity contribution in [2.45, 2.75) is 83.3 Å². The van der Waals surface area contributed by atoms with Gasteiger partial charge >= 0.3 is 35.5 Å². The van der Waals surface area contributed by atoms with Crippen molar-refractivity contribution >= 4 is 25.6 Å². The van der Waals surface area contributed by atoms with Gasteiger partial charge in [-0.1, -0.05) is 64.7 Å². The van der Waals surface area contributed by atoms with Crippen LogP contribution in [0.5, 0.6) is 0 Å². The standard InChI is InChI=1S/C18H38NO7PS.Na/c1-2-3-4-5-6-7-8-9-10-11-12-25-27(23,24)26-13-16(20)14-28-15-17(19)18(21)22;/h16-17,20H,2-15,19H2,1H3,(H,21,22)(H,23,24);/q;+1/p-1. The average molecular weight is 466 g/mol. The molecule has 0 amide bonds. The zero-order valence-electron chi connectivity index (χ0n) is 17.9. The normalized spacial score (nSPS) is 15.3. The minimum absolute atomic E-state index is 0. The largest absolute Gasteiger partial charge is 1.00 e. The van der Waals surface area contributed by atoms with Crippen molar-refractivity contribution in [3.63, 3.8) is 0 Å². The molecule has 8 nitrogen and oxygen atoms in total. The van der Waals surface area contributed by atoms with Gasteiger partial charge in [0.05, 0.1) is 19.3 Å². The Balaban J connectivity index is 0. The summed E-state index contributed by atoms with van der Waals surface area (Å²) in [5, 5.41) is 18.3. The number of carboxylic acid groups (broad SMARTS) is 1. The molecule has 0 aliphatic carbocycles. The quantitative estimate of drug-likeness (QED) is 0.128. The molecule has 0 saturated carbocycles. The van der Waals surface area contributed by atoms with E-state index in [1.807, 2.05) is 0 Å². The number of hydrogen-bond acceptors (Lipinski definition) is 8. The van der Waals surface area contributed by atoms with Crippen molar-refractivity contribution in [2.75, 3.05) is 24.7 Å². The number of phosphoric acid groups is 1. The number of carbonyl (C=O) groups is 1. The van der Waals surface area contributed by atoms with Gasteiger partial charge in [0.15, 0.2) is 0 Å². The molecule has 0 bridgehead atoms. The molecule has 0 radical (unpaired) electrons. The van der Waals surface area contributed by atoms with Crippen LogP contribution in [0.25, 0.3) is 0 Å². The molecule has 0 heterocycles. The van der Waals surface area contributed by atoms with Crippen molar-refractivity contribution in [3.8, 4) is 0 Å². The van der Waals surface area contributed by atoms with E-state index in [1.165, 1.54) is 38.5 Å². The Morgan fingerprint density at radius 2 is 1.55 bits per heavy atom. The number of nitrogens with two attached hydrogens (primary N) is 1. The van der Waals surface area contributed by atoms with Crippen LogP contribution in [0.3, 0.4) is 0 Å².